The summed E-state index contributed by atoms with van der Waals surface area (Å²) >= 11 is 3.31. The van der Waals surface area contributed by atoms with E-state index in [0.29, 0.717) is 13.0 Å². The van der Waals surface area contributed by atoms with Crippen molar-refractivity contribution < 1.29 is 4.79 Å². The van der Waals surface area contributed by atoms with Gasteiger partial charge in [0.05, 0.1) is 10.2 Å². The zero-order chi connectivity index (χ0) is 11.3. The van der Waals surface area contributed by atoms with Gasteiger partial charge in [0, 0.05) is 18.8 Å². The fraction of sp³-hybridized carbons (Fsp3) is 0.400. The number of carbonyl (C=O) groups is 1. The van der Waals surface area contributed by atoms with Gasteiger partial charge in [0.25, 0.3) is 0 Å². The van der Waals surface area contributed by atoms with Crippen LogP contribution in [0.2, 0.25) is 0 Å². The number of amides is 1. The number of hydrogen-bond acceptors (Lipinski definition) is 3. The summed E-state index contributed by atoms with van der Waals surface area (Å²) in [7, 11) is 0. The molecule has 0 saturated heterocycles. The van der Waals surface area contributed by atoms with Gasteiger partial charge in [-0.15, -0.1) is 0 Å². The Bertz CT molecular complexity index is 343. The molecule has 82 valence electrons. The third kappa shape index (κ3) is 3.97. The molecule has 0 aliphatic carbocycles. The first-order valence-corrected chi connectivity index (χ1v) is 5.52. The lowest BCUT2D eigenvalue weighted by molar-refractivity contribution is -0.116. The van der Waals surface area contributed by atoms with Crippen LogP contribution >= 0.6 is 15.9 Å². The summed E-state index contributed by atoms with van der Waals surface area (Å²) in [4.78, 5) is 15.4. The van der Waals surface area contributed by atoms with Crippen molar-refractivity contribution in [3.05, 3.63) is 22.9 Å². The Morgan fingerprint density at radius 3 is 3.07 bits per heavy atom. The van der Waals surface area contributed by atoms with Crippen LogP contribution in [0.4, 0.5) is 5.69 Å². The maximum atomic E-state index is 11.5. The van der Waals surface area contributed by atoms with Gasteiger partial charge in [-0.1, -0.05) is 6.92 Å². The molecule has 0 saturated carbocycles. The van der Waals surface area contributed by atoms with E-state index in [1.54, 1.807) is 18.5 Å². The van der Waals surface area contributed by atoms with E-state index in [2.05, 4.69) is 26.2 Å². The van der Waals surface area contributed by atoms with Gasteiger partial charge >= 0.3 is 0 Å². The predicted molar refractivity (Wildman–Crippen MR) is 63.4 cm³/mol. The van der Waals surface area contributed by atoms with E-state index >= 15 is 0 Å². The number of nitrogens with one attached hydrogen (secondary N) is 1. The number of rotatable bonds is 4. The van der Waals surface area contributed by atoms with Gasteiger partial charge in [-0.2, -0.15) is 0 Å². The molecule has 1 aromatic heterocycles. The highest BCUT2D eigenvalue weighted by molar-refractivity contribution is 9.10. The monoisotopic (exact) mass is 271 g/mol. The van der Waals surface area contributed by atoms with Gasteiger partial charge in [-0.25, -0.2) is 0 Å². The summed E-state index contributed by atoms with van der Waals surface area (Å²) in [5, 5.41) is 2.79. The maximum Gasteiger partial charge on any atom is 0.224 e. The van der Waals surface area contributed by atoms with Gasteiger partial charge in [-0.3, -0.25) is 9.78 Å². The standard InChI is InChI=1S/C10H14BrN3O/c1-7(5-12)4-10(15)14-9-2-3-13-6-8(9)11/h2-3,6-7H,4-5,12H2,1H3,(H,13,14,15). The van der Waals surface area contributed by atoms with E-state index < -0.39 is 0 Å². The zero-order valence-corrected chi connectivity index (χ0v) is 10.1. The maximum absolute atomic E-state index is 11.5. The molecule has 1 heterocycles. The van der Waals surface area contributed by atoms with Crippen molar-refractivity contribution in [2.24, 2.45) is 11.7 Å². The van der Waals surface area contributed by atoms with Crippen molar-refractivity contribution in [3.8, 4) is 0 Å². The first kappa shape index (κ1) is 12.1. The van der Waals surface area contributed by atoms with E-state index in [-0.39, 0.29) is 11.8 Å². The van der Waals surface area contributed by atoms with Crippen LogP contribution in [0.1, 0.15) is 13.3 Å². The summed E-state index contributed by atoms with van der Waals surface area (Å²) in [6.07, 6.45) is 3.71. The van der Waals surface area contributed by atoms with Crippen LogP contribution in [0.15, 0.2) is 22.9 Å². The summed E-state index contributed by atoms with van der Waals surface area (Å²) in [6.45, 7) is 2.46. The first-order valence-electron chi connectivity index (χ1n) is 4.73. The Kier molecular flexibility index (Phi) is 4.71. The van der Waals surface area contributed by atoms with Crippen molar-refractivity contribution in [1.29, 1.82) is 0 Å². The average molecular weight is 272 g/mol. The van der Waals surface area contributed by atoms with E-state index in [9.17, 15) is 4.79 Å². The normalized spacial score (nSPS) is 12.2. The highest BCUT2D eigenvalue weighted by Crippen LogP contribution is 2.20. The Hall–Kier alpha value is -0.940. The molecule has 5 heteroatoms. The van der Waals surface area contributed by atoms with Crippen LogP contribution < -0.4 is 11.1 Å². The molecule has 0 radical (unpaired) electrons. The summed E-state index contributed by atoms with van der Waals surface area (Å²) in [6, 6.07) is 1.75. The zero-order valence-electron chi connectivity index (χ0n) is 8.53. The number of anilines is 1. The van der Waals surface area contributed by atoms with E-state index in [1.807, 2.05) is 6.92 Å². The van der Waals surface area contributed by atoms with Crippen LogP contribution in [0.25, 0.3) is 0 Å². The number of aromatic nitrogens is 1. The van der Waals surface area contributed by atoms with Gasteiger partial charge in [-0.05, 0) is 34.5 Å². The Balaban J connectivity index is 2.55. The third-order valence-electron chi connectivity index (χ3n) is 1.98. The Morgan fingerprint density at radius 1 is 1.73 bits per heavy atom. The fourth-order valence-electron chi connectivity index (χ4n) is 1.08. The van der Waals surface area contributed by atoms with Crippen LogP contribution in [0.5, 0.6) is 0 Å². The molecule has 0 aromatic carbocycles. The predicted octanol–water partition coefficient (Wildman–Crippen LogP) is 1.77. The van der Waals surface area contributed by atoms with Crippen LogP contribution in [0, 0.1) is 5.92 Å². The molecule has 4 nitrogen and oxygen atoms in total. The fourth-order valence-corrected chi connectivity index (χ4v) is 1.43. The van der Waals surface area contributed by atoms with Crippen LogP contribution in [-0.4, -0.2) is 17.4 Å². The second-order valence-electron chi connectivity index (χ2n) is 3.45. The van der Waals surface area contributed by atoms with Crippen molar-refractivity contribution in [3.63, 3.8) is 0 Å². The molecular weight excluding hydrogens is 258 g/mol. The molecule has 0 fully saturated rings. The number of pyridine rings is 1. The molecule has 15 heavy (non-hydrogen) atoms. The largest absolute Gasteiger partial charge is 0.330 e. The van der Waals surface area contributed by atoms with Crippen LogP contribution in [0.3, 0.4) is 0 Å². The lowest BCUT2D eigenvalue weighted by Crippen LogP contribution is -2.20. The smallest absolute Gasteiger partial charge is 0.224 e. The summed E-state index contributed by atoms with van der Waals surface area (Å²) < 4.78 is 0.777. The van der Waals surface area contributed by atoms with Gasteiger partial charge < -0.3 is 11.1 Å². The third-order valence-corrected chi connectivity index (χ3v) is 2.61. The molecule has 0 bridgehead atoms. The minimum atomic E-state index is -0.0279. The lowest BCUT2D eigenvalue weighted by atomic mass is 10.1. The van der Waals surface area contributed by atoms with Gasteiger partial charge in [0.1, 0.15) is 0 Å². The molecule has 1 aromatic rings. The van der Waals surface area contributed by atoms with Crippen LogP contribution in [-0.2, 0) is 4.79 Å². The SMILES string of the molecule is CC(CN)CC(=O)Nc1ccncc1Br. The molecule has 1 rings (SSSR count). The number of nitrogens with two attached hydrogens (primary N) is 1. The molecule has 3 N–H and O–H groups in total. The minimum absolute atomic E-state index is 0.0279. The number of halogens is 1. The molecule has 1 unspecified atom stereocenters. The first-order chi connectivity index (χ1) is 7.13. The number of carbonyl (C=O) groups excluding carboxylic acids is 1. The Morgan fingerprint density at radius 2 is 2.47 bits per heavy atom. The molecular formula is C10H14BrN3O. The Labute approximate surface area is 97.4 Å². The molecule has 0 spiro atoms. The summed E-state index contributed by atoms with van der Waals surface area (Å²) in [5.74, 6) is 0.172. The topological polar surface area (TPSA) is 68.0 Å². The van der Waals surface area contributed by atoms with Gasteiger partial charge in [0.2, 0.25) is 5.91 Å². The average Bonchev–Trinajstić information content (AvgIpc) is 2.21. The highest BCUT2D eigenvalue weighted by Gasteiger charge is 2.08. The number of hydrogen-bond donors (Lipinski definition) is 2. The molecule has 0 aliphatic heterocycles. The van der Waals surface area contributed by atoms with Crippen molar-refractivity contribution in [1.82, 2.24) is 4.98 Å². The van der Waals surface area contributed by atoms with Crippen molar-refractivity contribution in [2.45, 2.75) is 13.3 Å². The quantitative estimate of drug-likeness (QED) is 0.877. The van der Waals surface area contributed by atoms with E-state index in [0.717, 1.165) is 10.2 Å². The van der Waals surface area contributed by atoms with E-state index in [4.69, 9.17) is 5.73 Å². The second kappa shape index (κ2) is 5.82. The molecule has 1 atom stereocenters. The van der Waals surface area contributed by atoms with Crippen molar-refractivity contribution >= 4 is 27.5 Å². The lowest BCUT2D eigenvalue weighted by Gasteiger charge is -2.09. The molecule has 0 aliphatic rings. The highest BCUT2D eigenvalue weighted by atomic mass is 79.9. The second-order valence-corrected chi connectivity index (χ2v) is 4.30. The number of nitrogens with zero attached hydrogens (tertiary/aromatic N) is 1. The minimum Gasteiger partial charge on any atom is -0.330 e. The van der Waals surface area contributed by atoms with E-state index in [1.165, 1.54) is 0 Å². The molecule has 1 amide bonds. The van der Waals surface area contributed by atoms with Crippen molar-refractivity contribution in [2.75, 3.05) is 11.9 Å². The van der Waals surface area contributed by atoms with Gasteiger partial charge in [0.15, 0.2) is 0 Å². The summed E-state index contributed by atoms with van der Waals surface area (Å²) in [5.41, 5.74) is 6.18.